The topological polar surface area (TPSA) is 54.6 Å². The van der Waals surface area contributed by atoms with Crippen molar-refractivity contribution in [1.29, 1.82) is 0 Å². The van der Waals surface area contributed by atoms with Gasteiger partial charge in [-0.15, -0.1) is 0 Å². The van der Waals surface area contributed by atoms with E-state index in [0.717, 1.165) is 17.7 Å². The highest BCUT2D eigenvalue weighted by atomic mass is 16.3. The SMILES string of the molecule is CCCCCc1ccc(/C(C)=N/NC(=O)c2ccoc2C)cc1. The Morgan fingerprint density at radius 3 is 2.52 bits per heavy atom. The number of unbranched alkanes of at least 4 members (excludes halogenated alkanes) is 2. The van der Waals surface area contributed by atoms with Crippen LogP contribution in [0.5, 0.6) is 0 Å². The Morgan fingerprint density at radius 1 is 1.17 bits per heavy atom. The number of carbonyl (C=O) groups excluding carboxylic acids is 1. The van der Waals surface area contributed by atoms with Gasteiger partial charge in [-0.05, 0) is 43.9 Å². The molecule has 122 valence electrons. The van der Waals surface area contributed by atoms with Crippen molar-refractivity contribution >= 4 is 11.6 Å². The number of nitrogens with one attached hydrogen (secondary N) is 1. The molecule has 0 aliphatic heterocycles. The van der Waals surface area contributed by atoms with Crippen LogP contribution in [0.15, 0.2) is 46.1 Å². The lowest BCUT2D eigenvalue weighted by atomic mass is 10.0. The molecule has 2 aromatic rings. The van der Waals surface area contributed by atoms with Crippen LogP contribution in [0.25, 0.3) is 0 Å². The van der Waals surface area contributed by atoms with Crippen molar-refractivity contribution in [3.63, 3.8) is 0 Å². The minimum Gasteiger partial charge on any atom is -0.469 e. The fourth-order valence-electron chi connectivity index (χ4n) is 2.37. The molecule has 0 radical (unpaired) electrons. The van der Waals surface area contributed by atoms with E-state index in [0.29, 0.717) is 11.3 Å². The summed E-state index contributed by atoms with van der Waals surface area (Å²) in [6.07, 6.45) is 6.34. The third-order valence-corrected chi connectivity index (χ3v) is 3.87. The number of benzene rings is 1. The van der Waals surface area contributed by atoms with Gasteiger partial charge in [-0.2, -0.15) is 5.10 Å². The van der Waals surface area contributed by atoms with Crippen LogP contribution in [0.2, 0.25) is 0 Å². The van der Waals surface area contributed by atoms with Crippen LogP contribution in [0.4, 0.5) is 0 Å². The summed E-state index contributed by atoms with van der Waals surface area (Å²) < 4.78 is 5.12. The molecule has 2 rings (SSSR count). The number of amides is 1. The van der Waals surface area contributed by atoms with E-state index in [1.807, 2.05) is 6.92 Å². The molecule has 4 heteroatoms. The van der Waals surface area contributed by atoms with Gasteiger partial charge in [0.2, 0.25) is 0 Å². The lowest BCUT2D eigenvalue weighted by Crippen LogP contribution is -2.19. The monoisotopic (exact) mass is 312 g/mol. The second-order valence-electron chi connectivity index (χ2n) is 5.68. The molecule has 1 aromatic heterocycles. The summed E-state index contributed by atoms with van der Waals surface area (Å²) in [7, 11) is 0. The second kappa shape index (κ2) is 8.32. The van der Waals surface area contributed by atoms with E-state index in [2.05, 4.69) is 41.7 Å². The summed E-state index contributed by atoms with van der Waals surface area (Å²) >= 11 is 0. The predicted octanol–water partition coefficient (Wildman–Crippen LogP) is 4.47. The molecule has 0 fully saturated rings. The quantitative estimate of drug-likeness (QED) is 0.466. The van der Waals surface area contributed by atoms with Crippen LogP contribution >= 0.6 is 0 Å². The minimum atomic E-state index is -0.258. The maximum absolute atomic E-state index is 12.0. The molecular weight excluding hydrogens is 288 g/mol. The smallest absolute Gasteiger partial charge is 0.274 e. The van der Waals surface area contributed by atoms with Crippen molar-refractivity contribution < 1.29 is 9.21 Å². The number of rotatable bonds is 7. The average Bonchev–Trinajstić information content (AvgIpc) is 2.99. The molecule has 1 heterocycles. The molecule has 4 nitrogen and oxygen atoms in total. The first-order valence-corrected chi connectivity index (χ1v) is 8.10. The first kappa shape index (κ1) is 17.0. The lowest BCUT2D eigenvalue weighted by molar-refractivity contribution is 0.0953. The average molecular weight is 312 g/mol. The van der Waals surface area contributed by atoms with Crippen molar-refractivity contribution in [3.05, 3.63) is 59.0 Å². The van der Waals surface area contributed by atoms with Crippen LogP contribution in [-0.2, 0) is 6.42 Å². The highest BCUT2D eigenvalue weighted by Gasteiger charge is 2.10. The normalized spacial score (nSPS) is 11.5. The molecule has 1 amide bonds. The number of hydrogen-bond donors (Lipinski definition) is 1. The van der Waals surface area contributed by atoms with Gasteiger partial charge in [-0.25, -0.2) is 5.43 Å². The lowest BCUT2D eigenvalue weighted by Gasteiger charge is -2.05. The molecule has 0 saturated heterocycles. The maximum atomic E-state index is 12.0. The van der Waals surface area contributed by atoms with Crippen molar-refractivity contribution in [2.24, 2.45) is 5.10 Å². The molecule has 0 bridgehead atoms. The molecule has 23 heavy (non-hydrogen) atoms. The molecule has 0 atom stereocenters. The standard InChI is InChI=1S/C19H24N2O2/c1-4-5-6-7-16-8-10-17(11-9-16)14(2)20-21-19(22)18-12-13-23-15(18)3/h8-13H,4-7H2,1-3H3,(H,21,22)/b20-14+. The first-order chi connectivity index (χ1) is 11.1. The molecular formula is C19H24N2O2. The largest absolute Gasteiger partial charge is 0.469 e. The van der Waals surface area contributed by atoms with Crippen molar-refractivity contribution in [2.75, 3.05) is 0 Å². The van der Waals surface area contributed by atoms with Crippen molar-refractivity contribution in [3.8, 4) is 0 Å². The molecule has 0 spiro atoms. The Morgan fingerprint density at radius 2 is 1.91 bits per heavy atom. The summed E-state index contributed by atoms with van der Waals surface area (Å²) in [5.74, 6) is 0.332. The van der Waals surface area contributed by atoms with E-state index in [1.165, 1.54) is 31.1 Å². The highest BCUT2D eigenvalue weighted by Crippen LogP contribution is 2.10. The Bertz CT molecular complexity index is 669. The van der Waals surface area contributed by atoms with Gasteiger partial charge in [0, 0.05) is 0 Å². The van der Waals surface area contributed by atoms with Gasteiger partial charge in [-0.1, -0.05) is 44.0 Å². The zero-order valence-electron chi connectivity index (χ0n) is 14.1. The van der Waals surface area contributed by atoms with E-state index < -0.39 is 0 Å². The minimum absolute atomic E-state index is 0.258. The van der Waals surface area contributed by atoms with Gasteiger partial charge in [0.1, 0.15) is 5.76 Å². The summed E-state index contributed by atoms with van der Waals surface area (Å²) in [6, 6.07) is 10.0. The molecule has 0 aliphatic rings. The zero-order chi connectivity index (χ0) is 16.7. The first-order valence-electron chi connectivity index (χ1n) is 8.10. The third kappa shape index (κ3) is 4.81. The summed E-state index contributed by atoms with van der Waals surface area (Å²) in [6.45, 7) is 5.85. The fourth-order valence-corrected chi connectivity index (χ4v) is 2.37. The van der Waals surface area contributed by atoms with Crippen LogP contribution in [-0.4, -0.2) is 11.6 Å². The van der Waals surface area contributed by atoms with Crippen molar-refractivity contribution in [2.45, 2.75) is 46.5 Å². The number of aryl methyl sites for hydroxylation is 2. The number of hydrazone groups is 1. The van der Waals surface area contributed by atoms with Gasteiger partial charge in [0.15, 0.2) is 0 Å². The zero-order valence-corrected chi connectivity index (χ0v) is 14.1. The second-order valence-corrected chi connectivity index (χ2v) is 5.68. The van der Waals surface area contributed by atoms with Crippen LogP contribution < -0.4 is 5.43 Å². The molecule has 1 aromatic carbocycles. The highest BCUT2D eigenvalue weighted by molar-refractivity contribution is 6.01. The number of furan rings is 1. The summed E-state index contributed by atoms with van der Waals surface area (Å²) in [5, 5.41) is 4.17. The number of carbonyl (C=O) groups is 1. The maximum Gasteiger partial charge on any atom is 0.274 e. The van der Waals surface area contributed by atoms with E-state index in [1.54, 1.807) is 13.0 Å². The van der Waals surface area contributed by atoms with Gasteiger partial charge in [0.25, 0.3) is 5.91 Å². The summed E-state index contributed by atoms with van der Waals surface area (Å²) in [4.78, 5) is 12.0. The Balaban J connectivity index is 1.95. The third-order valence-electron chi connectivity index (χ3n) is 3.87. The van der Waals surface area contributed by atoms with E-state index >= 15 is 0 Å². The van der Waals surface area contributed by atoms with Crippen molar-refractivity contribution in [1.82, 2.24) is 5.43 Å². The molecule has 0 aliphatic carbocycles. The Kier molecular flexibility index (Phi) is 6.15. The van der Waals surface area contributed by atoms with Gasteiger partial charge >= 0.3 is 0 Å². The summed E-state index contributed by atoms with van der Waals surface area (Å²) in [5.41, 5.74) is 6.20. The van der Waals surface area contributed by atoms with Crippen LogP contribution in [0.3, 0.4) is 0 Å². The Hall–Kier alpha value is -2.36. The molecule has 0 unspecified atom stereocenters. The van der Waals surface area contributed by atoms with Gasteiger partial charge < -0.3 is 4.42 Å². The fraction of sp³-hybridized carbons (Fsp3) is 0.368. The number of hydrogen-bond acceptors (Lipinski definition) is 3. The van der Waals surface area contributed by atoms with Crippen LogP contribution in [0, 0.1) is 6.92 Å². The molecule has 1 N–H and O–H groups in total. The van der Waals surface area contributed by atoms with Crippen LogP contribution in [0.1, 0.15) is 60.4 Å². The molecule has 0 saturated carbocycles. The van der Waals surface area contributed by atoms with Gasteiger partial charge in [-0.3, -0.25) is 4.79 Å². The predicted molar refractivity (Wildman–Crippen MR) is 92.8 cm³/mol. The number of nitrogens with zero attached hydrogens (tertiary/aromatic N) is 1. The van der Waals surface area contributed by atoms with E-state index in [4.69, 9.17) is 4.42 Å². The van der Waals surface area contributed by atoms with Gasteiger partial charge in [0.05, 0.1) is 17.5 Å². The van der Waals surface area contributed by atoms with E-state index in [9.17, 15) is 4.79 Å². The Labute approximate surface area is 137 Å². The van der Waals surface area contributed by atoms with E-state index in [-0.39, 0.29) is 5.91 Å².